The van der Waals surface area contributed by atoms with Crippen LogP contribution < -0.4 is 10.1 Å². The fourth-order valence-corrected chi connectivity index (χ4v) is 2.57. The molecular weight excluding hydrogens is 370 g/mol. The average molecular weight is 395 g/mol. The quantitative estimate of drug-likeness (QED) is 0.400. The van der Waals surface area contributed by atoms with Crippen molar-refractivity contribution in [2.75, 3.05) is 20.3 Å². The van der Waals surface area contributed by atoms with Crippen LogP contribution in [0.1, 0.15) is 33.5 Å². The largest absolute Gasteiger partial charge is 0.497 e. The highest BCUT2D eigenvalue weighted by atomic mass is 16.5. The summed E-state index contributed by atoms with van der Waals surface area (Å²) in [4.78, 5) is 35.8. The highest BCUT2D eigenvalue weighted by molar-refractivity contribution is 5.99. The van der Waals surface area contributed by atoms with Crippen molar-refractivity contribution < 1.29 is 23.9 Å². The molecule has 0 radical (unpaired) electrons. The number of hydrogen-bond donors (Lipinski definition) is 1. The maximum absolute atomic E-state index is 12.2. The molecule has 2 rings (SSSR count). The second kappa shape index (κ2) is 10.8. The van der Waals surface area contributed by atoms with Crippen LogP contribution in [0.2, 0.25) is 0 Å². The van der Waals surface area contributed by atoms with Crippen molar-refractivity contribution in [3.05, 3.63) is 70.8 Å². The van der Waals surface area contributed by atoms with Crippen molar-refractivity contribution in [1.82, 2.24) is 5.32 Å². The molecule has 0 heterocycles. The maximum atomic E-state index is 12.2. The first-order chi connectivity index (χ1) is 13.9. The van der Waals surface area contributed by atoms with Crippen molar-refractivity contribution in [3.8, 4) is 5.75 Å². The van der Waals surface area contributed by atoms with Gasteiger partial charge in [0.25, 0.3) is 0 Å². The van der Waals surface area contributed by atoms with Crippen molar-refractivity contribution >= 4 is 23.7 Å². The third-order valence-electron chi connectivity index (χ3n) is 4.23. The first-order valence-electron chi connectivity index (χ1n) is 9.25. The van der Waals surface area contributed by atoms with Gasteiger partial charge < -0.3 is 14.8 Å². The van der Waals surface area contributed by atoms with Crippen LogP contribution in [0, 0.1) is 13.8 Å². The van der Waals surface area contributed by atoms with Crippen LogP contribution in [0.15, 0.2) is 48.5 Å². The molecule has 2 aromatic rings. The molecule has 6 heteroatoms. The van der Waals surface area contributed by atoms with Gasteiger partial charge in [0, 0.05) is 18.2 Å². The molecule has 0 aliphatic rings. The lowest BCUT2D eigenvalue weighted by molar-refractivity contribution is -0.142. The molecule has 0 atom stereocenters. The van der Waals surface area contributed by atoms with Gasteiger partial charge in [0.1, 0.15) is 5.75 Å². The molecule has 0 fully saturated rings. The minimum absolute atomic E-state index is 0.0117. The van der Waals surface area contributed by atoms with Gasteiger partial charge in [-0.1, -0.05) is 29.8 Å². The van der Waals surface area contributed by atoms with Gasteiger partial charge in [0.15, 0.2) is 6.61 Å². The molecule has 0 unspecified atom stereocenters. The SMILES string of the molecule is COc1ccc(/C=C/C(=O)NCCC(=O)OCC(=O)c2cc(C)ccc2C)cc1. The molecule has 1 N–H and O–H groups in total. The van der Waals surface area contributed by atoms with Gasteiger partial charge in [0.2, 0.25) is 11.7 Å². The lowest BCUT2D eigenvalue weighted by Crippen LogP contribution is -2.25. The first-order valence-corrected chi connectivity index (χ1v) is 9.25. The molecule has 0 aromatic heterocycles. The van der Waals surface area contributed by atoms with Crippen molar-refractivity contribution in [1.29, 1.82) is 0 Å². The molecule has 0 saturated carbocycles. The number of Topliss-reactive ketones (excluding diaryl/α,β-unsaturated/α-hetero) is 1. The average Bonchev–Trinajstić information content (AvgIpc) is 2.72. The van der Waals surface area contributed by atoms with E-state index in [4.69, 9.17) is 9.47 Å². The number of ketones is 1. The molecule has 0 saturated heterocycles. The lowest BCUT2D eigenvalue weighted by Gasteiger charge is -2.08. The van der Waals surface area contributed by atoms with Crippen molar-refractivity contribution in [2.45, 2.75) is 20.3 Å². The van der Waals surface area contributed by atoms with Gasteiger partial charge in [-0.05, 0) is 49.2 Å². The Bertz CT molecular complexity index is 900. The van der Waals surface area contributed by atoms with Gasteiger partial charge in [-0.3, -0.25) is 14.4 Å². The van der Waals surface area contributed by atoms with E-state index in [9.17, 15) is 14.4 Å². The number of ether oxygens (including phenoxy) is 2. The van der Waals surface area contributed by atoms with Crippen LogP contribution in [0.4, 0.5) is 0 Å². The normalized spacial score (nSPS) is 10.6. The predicted octanol–water partition coefficient (Wildman–Crippen LogP) is 3.26. The molecule has 0 spiro atoms. The highest BCUT2D eigenvalue weighted by Gasteiger charge is 2.12. The molecule has 0 bridgehead atoms. The number of carbonyl (C=O) groups excluding carboxylic acids is 3. The summed E-state index contributed by atoms with van der Waals surface area (Å²) >= 11 is 0. The second-order valence-corrected chi connectivity index (χ2v) is 6.55. The van der Waals surface area contributed by atoms with E-state index < -0.39 is 5.97 Å². The number of rotatable bonds is 9. The summed E-state index contributed by atoms with van der Waals surface area (Å²) < 4.78 is 10.1. The predicted molar refractivity (Wildman–Crippen MR) is 111 cm³/mol. The van der Waals surface area contributed by atoms with E-state index in [1.54, 1.807) is 31.4 Å². The molecule has 29 heavy (non-hydrogen) atoms. The van der Waals surface area contributed by atoms with Crippen LogP contribution in [-0.2, 0) is 14.3 Å². The molecule has 0 aliphatic carbocycles. The fourth-order valence-electron chi connectivity index (χ4n) is 2.57. The third-order valence-corrected chi connectivity index (χ3v) is 4.23. The standard InChI is InChI=1S/C23H25NO5/c1-16-4-5-17(2)20(14-16)21(25)15-29-23(27)12-13-24-22(26)11-8-18-6-9-19(28-3)10-7-18/h4-11,14H,12-13,15H2,1-3H3,(H,24,26)/b11-8+. The number of esters is 1. The zero-order chi connectivity index (χ0) is 21.2. The summed E-state index contributed by atoms with van der Waals surface area (Å²) in [5.41, 5.74) is 3.21. The molecule has 152 valence electrons. The Kier molecular flexibility index (Phi) is 8.15. The third kappa shape index (κ3) is 7.25. The summed E-state index contributed by atoms with van der Waals surface area (Å²) in [6.07, 6.45) is 3.04. The van der Waals surface area contributed by atoms with Crippen LogP contribution in [-0.4, -0.2) is 37.9 Å². The fraction of sp³-hybridized carbons (Fsp3) is 0.261. The smallest absolute Gasteiger partial charge is 0.308 e. The van der Waals surface area contributed by atoms with E-state index in [1.165, 1.54) is 6.08 Å². The van der Waals surface area contributed by atoms with E-state index >= 15 is 0 Å². The molecule has 2 aromatic carbocycles. The Morgan fingerprint density at radius 3 is 2.45 bits per heavy atom. The Balaban J connectivity index is 1.70. The zero-order valence-electron chi connectivity index (χ0n) is 16.9. The second-order valence-electron chi connectivity index (χ2n) is 6.55. The van der Waals surface area contributed by atoms with Crippen LogP contribution in [0.3, 0.4) is 0 Å². The van der Waals surface area contributed by atoms with Crippen LogP contribution >= 0.6 is 0 Å². The Hall–Kier alpha value is -3.41. The highest BCUT2D eigenvalue weighted by Crippen LogP contribution is 2.13. The van der Waals surface area contributed by atoms with Gasteiger partial charge in [0.05, 0.1) is 13.5 Å². The van der Waals surface area contributed by atoms with E-state index in [1.807, 2.05) is 38.1 Å². The lowest BCUT2D eigenvalue weighted by atomic mass is 10.0. The minimum atomic E-state index is -0.539. The van der Waals surface area contributed by atoms with Gasteiger partial charge >= 0.3 is 5.97 Å². The number of nitrogens with one attached hydrogen (secondary N) is 1. The molecule has 1 amide bonds. The number of methoxy groups -OCH3 is 1. The number of amides is 1. The summed E-state index contributed by atoms with van der Waals surface area (Å²) in [6, 6.07) is 12.8. The minimum Gasteiger partial charge on any atom is -0.497 e. The molecule has 6 nitrogen and oxygen atoms in total. The number of hydrogen-bond acceptors (Lipinski definition) is 5. The van der Waals surface area contributed by atoms with Gasteiger partial charge in [-0.25, -0.2) is 0 Å². The Morgan fingerprint density at radius 2 is 1.76 bits per heavy atom. The molecule has 0 aliphatic heterocycles. The van der Waals surface area contributed by atoms with Gasteiger partial charge in [-0.2, -0.15) is 0 Å². The van der Waals surface area contributed by atoms with Gasteiger partial charge in [-0.15, -0.1) is 0 Å². The van der Waals surface area contributed by atoms with Crippen LogP contribution in [0.5, 0.6) is 5.75 Å². The summed E-state index contributed by atoms with van der Waals surface area (Å²) in [7, 11) is 1.59. The maximum Gasteiger partial charge on any atom is 0.308 e. The summed E-state index contributed by atoms with van der Waals surface area (Å²) in [5, 5.41) is 2.61. The first kappa shape index (κ1) is 21.9. The summed E-state index contributed by atoms with van der Waals surface area (Å²) in [6.45, 7) is 3.55. The van der Waals surface area contributed by atoms with E-state index in [-0.39, 0.29) is 31.3 Å². The monoisotopic (exact) mass is 395 g/mol. The summed E-state index contributed by atoms with van der Waals surface area (Å²) in [5.74, 6) is -0.365. The van der Waals surface area contributed by atoms with E-state index in [2.05, 4.69) is 5.32 Å². The number of carbonyl (C=O) groups is 3. The zero-order valence-corrected chi connectivity index (χ0v) is 16.9. The van der Waals surface area contributed by atoms with E-state index in [0.717, 1.165) is 22.4 Å². The topological polar surface area (TPSA) is 81.7 Å². The number of benzene rings is 2. The Labute approximate surface area is 170 Å². The number of aryl methyl sites for hydroxylation is 2. The van der Waals surface area contributed by atoms with Crippen molar-refractivity contribution in [3.63, 3.8) is 0 Å². The van der Waals surface area contributed by atoms with Crippen LogP contribution in [0.25, 0.3) is 6.08 Å². The Morgan fingerprint density at radius 1 is 1.03 bits per heavy atom. The van der Waals surface area contributed by atoms with E-state index in [0.29, 0.717) is 5.56 Å². The molecular formula is C23H25NO5. The van der Waals surface area contributed by atoms with Crippen molar-refractivity contribution in [2.24, 2.45) is 0 Å².